The molecule has 0 aromatic rings. The number of methoxy groups -OCH3 is 1. The number of allylic oxidation sites excluding steroid dienone is 5. The van der Waals surface area contributed by atoms with E-state index < -0.39 is 5.97 Å². The summed E-state index contributed by atoms with van der Waals surface area (Å²) < 4.78 is 4.34. The van der Waals surface area contributed by atoms with Gasteiger partial charge in [0.1, 0.15) is 6.29 Å². The Labute approximate surface area is 71.0 Å². The highest BCUT2D eigenvalue weighted by Gasteiger charge is 1.85. The molecule has 0 aromatic carbocycles. The van der Waals surface area contributed by atoms with Gasteiger partial charge in [0.2, 0.25) is 0 Å². The van der Waals surface area contributed by atoms with Crippen LogP contribution in [0.4, 0.5) is 0 Å². The largest absolute Gasteiger partial charge is 0.466 e. The van der Waals surface area contributed by atoms with Crippen LogP contribution in [0.2, 0.25) is 0 Å². The lowest BCUT2D eigenvalue weighted by Gasteiger charge is -1.85. The first kappa shape index (κ1) is 10.4. The molecule has 3 heteroatoms. The van der Waals surface area contributed by atoms with Gasteiger partial charge in [0.15, 0.2) is 0 Å². The molecule has 0 N–H and O–H groups in total. The number of aldehydes is 1. The van der Waals surface area contributed by atoms with E-state index in [2.05, 4.69) is 4.74 Å². The molecular weight excluding hydrogens is 156 g/mol. The van der Waals surface area contributed by atoms with E-state index in [0.29, 0.717) is 6.29 Å². The van der Waals surface area contributed by atoms with Crippen molar-refractivity contribution < 1.29 is 14.3 Å². The first-order valence-electron chi connectivity index (χ1n) is 3.34. The van der Waals surface area contributed by atoms with Gasteiger partial charge in [-0.3, -0.25) is 4.79 Å². The number of hydrogen-bond acceptors (Lipinski definition) is 3. The SMILES string of the molecule is COC(=O)/C=C/C=C/C=C/C=O. The summed E-state index contributed by atoms with van der Waals surface area (Å²) in [5.41, 5.74) is 0. The molecule has 12 heavy (non-hydrogen) atoms. The van der Waals surface area contributed by atoms with Crippen LogP contribution in [0, 0.1) is 0 Å². The fourth-order valence-electron chi connectivity index (χ4n) is 0.440. The molecule has 0 unspecified atom stereocenters. The van der Waals surface area contributed by atoms with Crippen LogP contribution in [-0.2, 0) is 14.3 Å². The van der Waals surface area contributed by atoms with Crippen LogP contribution in [0.15, 0.2) is 36.5 Å². The van der Waals surface area contributed by atoms with E-state index in [1.807, 2.05) is 0 Å². The standard InChI is InChI=1S/C9H10O3/c1-12-9(11)7-5-3-2-4-6-8-10/h2-8H,1H3/b3-2+,6-4+,7-5+. The van der Waals surface area contributed by atoms with E-state index in [1.54, 1.807) is 18.2 Å². The zero-order valence-corrected chi connectivity index (χ0v) is 6.77. The van der Waals surface area contributed by atoms with E-state index in [0.717, 1.165) is 0 Å². The Bertz CT molecular complexity index is 224. The van der Waals surface area contributed by atoms with Gasteiger partial charge in [-0.05, 0) is 6.08 Å². The maximum atomic E-state index is 10.5. The number of hydrogen-bond donors (Lipinski definition) is 0. The van der Waals surface area contributed by atoms with Crippen LogP contribution in [0.1, 0.15) is 0 Å². The smallest absolute Gasteiger partial charge is 0.330 e. The minimum Gasteiger partial charge on any atom is -0.466 e. The molecule has 0 aliphatic heterocycles. The fraction of sp³-hybridized carbons (Fsp3) is 0.111. The lowest BCUT2D eigenvalue weighted by Crippen LogP contribution is -1.92. The van der Waals surface area contributed by atoms with E-state index in [-0.39, 0.29) is 0 Å². The van der Waals surface area contributed by atoms with Crippen molar-refractivity contribution in [1.29, 1.82) is 0 Å². The molecule has 0 aromatic heterocycles. The molecule has 0 aliphatic carbocycles. The van der Waals surface area contributed by atoms with Crippen molar-refractivity contribution in [2.24, 2.45) is 0 Å². The molecule has 0 rings (SSSR count). The van der Waals surface area contributed by atoms with Crippen molar-refractivity contribution in [3.63, 3.8) is 0 Å². The second-order valence-corrected chi connectivity index (χ2v) is 1.79. The molecule has 0 bridgehead atoms. The van der Waals surface area contributed by atoms with Crippen LogP contribution in [0.3, 0.4) is 0 Å². The molecule has 0 amide bonds. The molecule has 0 spiro atoms. The van der Waals surface area contributed by atoms with E-state index in [9.17, 15) is 9.59 Å². The predicted molar refractivity (Wildman–Crippen MR) is 45.5 cm³/mol. The lowest BCUT2D eigenvalue weighted by atomic mass is 10.4. The second kappa shape index (κ2) is 7.47. The number of esters is 1. The molecule has 64 valence electrons. The molecule has 0 heterocycles. The number of carbonyl (C=O) groups excluding carboxylic acids is 2. The second-order valence-electron chi connectivity index (χ2n) is 1.79. The maximum absolute atomic E-state index is 10.5. The molecule has 0 saturated carbocycles. The van der Waals surface area contributed by atoms with Crippen molar-refractivity contribution in [3.05, 3.63) is 36.5 Å². The molecule has 0 fully saturated rings. The Morgan fingerprint density at radius 1 is 1.08 bits per heavy atom. The van der Waals surface area contributed by atoms with Gasteiger partial charge >= 0.3 is 5.97 Å². The normalized spacial score (nSPS) is 11.4. The van der Waals surface area contributed by atoms with Crippen molar-refractivity contribution >= 4 is 12.3 Å². The molecule has 3 nitrogen and oxygen atoms in total. The van der Waals surface area contributed by atoms with Gasteiger partial charge in [-0.2, -0.15) is 0 Å². The third kappa shape index (κ3) is 6.48. The summed E-state index contributed by atoms with van der Waals surface area (Å²) >= 11 is 0. The monoisotopic (exact) mass is 166 g/mol. The average molecular weight is 166 g/mol. The summed E-state index contributed by atoms with van der Waals surface area (Å²) in [5.74, 6) is -0.404. The Morgan fingerprint density at radius 3 is 2.25 bits per heavy atom. The highest BCUT2D eigenvalue weighted by atomic mass is 16.5. The molecule has 0 atom stereocenters. The Kier molecular flexibility index (Phi) is 6.45. The van der Waals surface area contributed by atoms with Gasteiger partial charge in [0.05, 0.1) is 7.11 Å². The van der Waals surface area contributed by atoms with Crippen molar-refractivity contribution in [2.45, 2.75) is 0 Å². The first-order valence-corrected chi connectivity index (χ1v) is 3.34. The predicted octanol–water partition coefficient (Wildman–Crippen LogP) is 1.03. The minimum atomic E-state index is -0.404. The van der Waals surface area contributed by atoms with Crippen molar-refractivity contribution in [3.8, 4) is 0 Å². The van der Waals surface area contributed by atoms with Gasteiger partial charge in [-0.1, -0.05) is 24.3 Å². The number of rotatable bonds is 4. The van der Waals surface area contributed by atoms with Crippen LogP contribution in [0.5, 0.6) is 0 Å². The quantitative estimate of drug-likeness (QED) is 0.271. The topological polar surface area (TPSA) is 43.4 Å². The summed E-state index contributed by atoms with van der Waals surface area (Å²) in [6.45, 7) is 0. The van der Waals surface area contributed by atoms with Crippen LogP contribution in [-0.4, -0.2) is 19.4 Å². The average Bonchev–Trinajstić information content (AvgIpc) is 2.10. The Hall–Kier alpha value is -1.64. The van der Waals surface area contributed by atoms with Crippen molar-refractivity contribution in [1.82, 2.24) is 0 Å². The van der Waals surface area contributed by atoms with Gasteiger partial charge in [0, 0.05) is 6.08 Å². The highest BCUT2D eigenvalue weighted by Crippen LogP contribution is 1.81. The Morgan fingerprint density at radius 2 is 1.67 bits per heavy atom. The Balaban J connectivity index is 3.73. The molecular formula is C9H10O3. The minimum absolute atomic E-state index is 0.404. The van der Waals surface area contributed by atoms with Gasteiger partial charge in [-0.25, -0.2) is 4.79 Å². The van der Waals surface area contributed by atoms with E-state index in [1.165, 1.54) is 25.3 Å². The number of ether oxygens (including phenoxy) is 1. The van der Waals surface area contributed by atoms with Gasteiger partial charge in [0.25, 0.3) is 0 Å². The highest BCUT2D eigenvalue weighted by molar-refractivity contribution is 5.82. The maximum Gasteiger partial charge on any atom is 0.330 e. The van der Waals surface area contributed by atoms with Crippen molar-refractivity contribution in [2.75, 3.05) is 7.11 Å². The third-order valence-corrected chi connectivity index (χ3v) is 0.957. The summed E-state index contributed by atoms with van der Waals surface area (Å²) in [6, 6.07) is 0. The summed E-state index contributed by atoms with van der Waals surface area (Å²) in [7, 11) is 1.31. The third-order valence-electron chi connectivity index (χ3n) is 0.957. The molecule has 0 saturated heterocycles. The van der Waals surface area contributed by atoms with Crippen LogP contribution >= 0.6 is 0 Å². The summed E-state index contributed by atoms with van der Waals surface area (Å²) in [5, 5.41) is 0. The lowest BCUT2D eigenvalue weighted by molar-refractivity contribution is -0.134. The summed E-state index contributed by atoms with van der Waals surface area (Å²) in [6.07, 6.45) is 9.66. The molecule has 0 radical (unpaired) electrons. The van der Waals surface area contributed by atoms with Gasteiger partial charge in [-0.15, -0.1) is 0 Å². The number of carbonyl (C=O) groups is 2. The zero-order chi connectivity index (χ0) is 9.23. The summed E-state index contributed by atoms with van der Waals surface area (Å²) in [4.78, 5) is 20.3. The first-order chi connectivity index (χ1) is 5.81. The van der Waals surface area contributed by atoms with E-state index in [4.69, 9.17) is 0 Å². The van der Waals surface area contributed by atoms with Crippen LogP contribution < -0.4 is 0 Å². The zero-order valence-electron chi connectivity index (χ0n) is 6.77. The molecule has 0 aliphatic rings. The fourth-order valence-corrected chi connectivity index (χ4v) is 0.440. The van der Waals surface area contributed by atoms with Gasteiger partial charge < -0.3 is 4.74 Å². The van der Waals surface area contributed by atoms with E-state index >= 15 is 0 Å². The van der Waals surface area contributed by atoms with Crippen LogP contribution in [0.25, 0.3) is 0 Å².